The number of sulfonamides is 1. The molecule has 0 aliphatic heterocycles. The summed E-state index contributed by atoms with van der Waals surface area (Å²) >= 11 is 11.9. The normalized spacial score (nSPS) is 11.2. The Kier molecular flexibility index (Phi) is 5.74. The van der Waals surface area contributed by atoms with Gasteiger partial charge in [-0.05, 0) is 49.4 Å². The summed E-state index contributed by atoms with van der Waals surface area (Å²) in [5.41, 5.74) is 0.733. The summed E-state index contributed by atoms with van der Waals surface area (Å²) < 4.78 is 31.6. The van der Waals surface area contributed by atoms with Gasteiger partial charge in [-0.3, -0.25) is 4.31 Å². The van der Waals surface area contributed by atoms with Crippen LogP contribution in [0.4, 0.5) is 5.69 Å². The molecule has 0 aliphatic carbocycles. The van der Waals surface area contributed by atoms with Gasteiger partial charge in [-0.1, -0.05) is 23.2 Å². The second kappa shape index (κ2) is 7.42. The average molecular weight is 388 g/mol. The standard InChI is InChI=1S/C16H15Cl2NO4S/c1-3-19(13-7-4-11(5-8-13)16(20)23-2)24(21,22)15-10-12(17)6-9-14(15)18/h4-10H,3H2,1-2H3. The Balaban J connectivity index is 2.47. The van der Waals surface area contributed by atoms with Gasteiger partial charge in [0.05, 0.1) is 23.4 Å². The Hall–Kier alpha value is -1.76. The minimum Gasteiger partial charge on any atom is -0.465 e. The van der Waals surface area contributed by atoms with E-state index in [9.17, 15) is 13.2 Å². The van der Waals surface area contributed by atoms with E-state index in [1.807, 2.05) is 0 Å². The van der Waals surface area contributed by atoms with E-state index in [0.29, 0.717) is 11.3 Å². The fraction of sp³-hybridized carbons (Fsp3) is 0.188. The van der Waals surface area contributed by atoms with Crippen molar-refractivity contribution in [2.75, 3.05) is 18.0 Å². The number of hydrogen-bond donors (Lipinski definition) is 0. The van der Waals surface area contributed by atoms with Gasteiger partial charge in [0.2, 0.25) is 0 Å². The molecule has 0 radical (unpaired) electrons. The number of methoxy groups -OCH3 is 1. The number of ether oxygens (including phenoxy) is 1. The summed E-state index contributed by atoms with van der Waals surface area (Å²) in [6, 6.07) is 10.3. The summed E-state index contributed by atoms with van der Waals surface area (Å²) in [7, 11) is -2.62. The molecule has 0 spiro atoms. The molecular weight excluding hydrogens is 373 g/mol. The highest BCUT2D eigenvalue weighted by Crippen LogP contribution is 2.30. The summed E-state index contributed by atoms with van der Waals surface area (Å²) in [4.78, 5) is 11.4. The molecule has 0 saturated carbocycles. The van der Waals surface area contributed by atoms with E-state index in [1.54, 1.807) is 6.92 Å². The third-order valence-electron chi connectivity index (χ3n) is 3.32. The summed E-state index contributed by atoms with van der Waals surface area (Å²) in [5.74, 6) is -0.495. The van der Waals surface area contributed by atoms with E-state index in [-0.39, 0.29) is 21.5 Å². The molecule has 0 fully saturated rings. The maximum Gasteiger partial charge on any atom is 0.337 e. The SMILES string of the molecule is CCN(c1ccc(C(=O)OC)cc1)S(=O)(=O)c1cc(Cl)ccc1Cl. The first-order valence-electron chi connectivity index (χ1n) is 6.97. The van der Waals surface area contributed by atoms with Gasteiger partial charge in [0.1, 0.15) is 4.90 Å². The highest BCUT2D eigenvalue weighted by Gasteiger charge is 2.26. The van der Waals surface area contributed by atoms with Crippen molar-refractivity contribution in [3.05, 3.63) is 58.1 Å². The van der Waals surface area contributed by atoms with Crippen molar-refractivity contribution < 1.29 is 17.9 Å². The Morgan fingerprint density at radius 1 is 1.12 bits per heavy atom. The van der Waals surface area contributed by atoms with Gasteiger partial charge in [-0.2, -0.15) is 0 Å². The number of nitrogens with zero attached hydrogens (tertiary/aromatic N) is 1. The van der Waals surface area contributed by atoms with Crippen LogP contribution in [0.15, 0.2) is 47.4 Å². The Labute approximate surface area is 150 Å². The molecule has 0 N–H and O–H groups in total. The number of halogens is 2. The van der Waals surface area contributed by atoms with Crippen LogP contribution in [0.2, 0.25) is 10.0 Å². The van der Waals surface area contributed by atoms with Crippen molar-refractivity contribution in [3.63, 3.8) is 0 Å². The molecule has 0 bridgehead atoms. The lowest BCUT2D eigenvalue weighted by Crippen LogP contribution is -2.31. The first kappa shape index (κ1) is 18.6. The van der Waals surface area contributed by atoms with Crippen LogP contribution in [0, 0.1) is 0 Å². The smallest absolute Gasteiger partial charge is 0.337 e. The fourth-order valence-corrected chi connectivity index (χ4v) is 4.38. The van der Waals surface area contributed by atoms with Gasteiger partial charge >= 0.3 is 5.97 Å². The van der Waals surface area contributed by atoms with Gasteiger partial charge < -0.3 is 4.74 Å². The molecule has 0 aliphatic rings. The quantitative estimate of drug-likeness (QED) is 0.727. The minimum atomic E-state index is -3.90. The molecule has 2 aromatic rings. The second-order valence-electron chi connectivity index (χ2n) is 4.78. The second-order valence-corrected chi connectivity index (χ2v) is 7.46. The van der Waals surface area contributed by atoms with Crippen molar-refractivity contribution in [1.82, 2.24) is 0 Å². The zero-order valence-electron chi connectivity index (χ0n) is 13.0. The molecule has 8 heteroatoms. The van der Waals surface area contributed by atoms with Gasteiger partial charge in [0.25, 0.3) is 10.0 Å². The molecule has 0 amide bonds. The van der Waals surface area contributed by atoms with Gasteiger partial charge in [0, 0.05) is 11.6 Å². The topological polar surface area (TPSA) is 63.7 Å². The monoisotopic (exact) mass is 387 g/mol. The number of esters is 1. The first-order chi connectivity index (χ1) is 11.3. The predicted molar refractivity (Wildman–Crippen MR) is 94.4 cm³/mol. The Morgan fingerprint density at radius 2 is 1.75 bits per heavy atom. The summed E-state index contributed by atoms with van der Waals surface area (Å²) in [5, 5.41) is 0.360. The van der Waals surface area contributed by atoms with E-state index in [1.165, 1.54) is 53.9 Å². The van der Waals surface area contributed by atoms with Crippen LogP contribution in [-0.4, -0.2) is 28.0 Å². The molecule has 0 atom stereocenters. The Morgan fingerprint density at radius 3 is 2.29 bits per heavy atom. The van der Waals surface area contributed by atoms with E-state index < -0.39 is 16.0 Å². The van der Waals surface area contributed by atoms with Crippen molar-refractivity contribution in [2.45, 2.75) is 11.8 Å². The lowest BCUT2D eigenvalue weighted by atomic mass is 10.2. The fourth-order valence-electron chi connectivity index (χ4n) is 2.17. The molecular formula is C16H15Cl2NO4S. The molecule has 128 valence electrons. The van der Waals surface area contributed by atoms with Gasteiger partial charge in [-0.15, -0.1) is 0 Å². The number of rotatable bonds is 5. The third-order valence-corrected chi connectivity index (χ3v) is 5.94. The van der Waals surface area contributed by atoms with E-state index in [0.717, 1.165) is 0 Å². The summed E-state index contributed by atoms with van der Waals surface area (Å²) in [6.07, 6.45) is 0. The first-order valence-corrected chi connectivity index (χ1v) is 9.17. The minimum absolute atomic E-state index is 0.0736. The Bertz CT molecular complexity index is 851. The number of hydrogen-bond acceptors (Lipinski definition) is 4. The zero-order chi connectivity index (χ0) is 17.9. The van der Waals surface area contributed by atoms with Gasteiger partial charge in [-0.25, -0.2) is 13.2 Å². The van der Waals surface area contributed by atoms with E-state index in [4.69, 9.17) is 23.2 Å². The molecule has 0 unspecified atom stereocenters. The van der Waals surface area contributed by atoms with Crippen LogP contribution < -0.4 is 4.31 Å². The zero-order valence-corrected chi connectivity index (χ0v) is 15.3. The van der Waals surface area contributed by atoms with Crippen LogP contribution in [0.25, 0.3) is 0 Å². The molecule has 0 aromatic heterocycles. The van der Waals surface area contributed by atoms with E-state index in [2.05, 4.69) is 4.74 Å². The van der Waals surface area contributed by atoms with Crippen LogP contribution in [-0.2, 0) is 14.8 Å². The van der Waals surface area contributed by atoms with Gasteiger partial charge in [0.15, 0.2) is 0 Å². The predicted octanol–water partition coefficient (Wildman–Crippen LogP) is 4.00. The number of carbonyl (C=O) groups excluding carboxylic acids is 1. The van der Waals surface area contributed by atoms with Crippen LogP contribution in [0.3, 0.4) is 0 Å². The number of anilines is 1. The van der Waals surface area contributed by atoms with Crippen molar-refractivity contribution >= 4 is 44.9 Å². The van der Waals surface area contributed by atoms with Crippen LogP contribution in [0.1, 0.15) is 17.3 Å². The maximum atomic E-state index is 12.9. The maximum absolute atomic E-state index is 12.9. The highest BCUT2D eigenvalue weighted by atomic mass is 35.5. The largest absolute Gasteiger partial charge is 0.465 e. The molecule has 24 heavy (non-hydrogen) atoms. The lowest BCUT2D eigenvalue weighted by molar-refractivity contribution is 0.0601. The number of benzene rings is 2. The van der Waals surface area contributed by atoms with Crippen molar-refractivity contribution in [1.29, 1.82) is 0 Å². The number of carbonyl (C=O) groups is 1. The third kappa shape index (κ3) is 3.66. The van der Waals surface area contributed by atoms with Crippen molar-refractivity contribution in [3.8, 4) is 0 Å². The highest BCUT2D eigenvalue weighted by molar-refractivity contribution is 7.93. The van der Waals surface area contributed by atoms with Crippen molar-refractivity contribution in [2.24, 2.45) is 0 Å². The summed E-state index contributed by atoms with van der Waals surface area (Å²) in [6.45, 7) is 1.88. The molecule has 5 nitrogen and oxygen atoms in total. The molecule has 0 saturated heterocycles. The average Bonchev–Trinajstić information content (AvgIpc) is 2.57. The molecule has 2 rings (SSSR count). The lowest BCUT2D eigenvalue weighted by Gasteiger charge is -2.23. The van der Waals surface area contributed by atoms with E-state index >= 15 is 0 Å². The van der Waals surface area contributed by atoms with Crippen LogP contribution >= 0.6 is 23.2 Å². The molecule has 2 aromatic carbocycles. The molecule has 0 heterocycles. The van der Waals surface area contributed by atoms with Crippen LogP contribution in [0.5, 0.6) is 0 Å².